The molecule has 0 bridgehead atoms. The number of fused-ring (bicyclic) bond motifs is 1. The lowest BCUT2D eigenvalue weighted by Crippen LogP contribution is -2.43. The maximum absolute atomic E-state index is 12.5. The van der Waals surface area contributed by atoms with Gasteiger partial charge >= 0.3 is 5.69 Å². The molecular weight excluding hydrogens is 326 g/mol. The summed E-state index contributed by atoms with van der Waals surface area (Å²) in [5.74, 6) is 0.112. The van der Waals surface area contributed by atoms with Crippen LogP contribution in [-0.4, -0.2) is 43.4 Å². The van der Waals surface area contributed by atoms with Crippen LogP contribution in [0.5, 0.6) is 0 Å². The number of hydrogen-bond acceptors (Lipinski definition) is 5. The third-order valence-electron chi connectivity index (χ3n) is 4.43. The molecule has 1 aliphatic heterocycles. The Hall–Kier alpha value is -2.48. The number of aromatic nitrogens is 4. The molecule has 4 heterocycles. The molecule has 1 amide bonds. The molecule has 7 nitrogen and oxygen atoms in total. The van der Waals surface area contributed by atoms with Crippen molar-refractivity contribution < 1.29 is 4.79 Å². The molecule has 1 saturated heterocycles. The van der Waals surface area contributed by atoms with E-state index >= 15 is 0 Å². The van der Waals surface area contributed by atoms with E-state index in [1.165, 1.54) is 6.33 Å². The maximum Gasteiger partial charge on any atom is 0.328 e. The molecule has 1 fully saturated rings. The third-order valence-corrected chi connectivity index (χ3v) is 5.16. The monoisotopic (exact) mass is 343 g/mol. The Morgan fingerprint density at radius 2 is 2.38 bits per heavy atom. The number of piperidine rings is 1. The van der Waals surface area contributed by atoms with Gasteiger partial charge in [-0.15, -0.1) is 0 Å². The second-order valence-electron chi connectivity index (χ2n) is 6.00. The number of H-pyrrole nitrogens is 1. The van der Waals surface area contributed by atoms with E-state index in [1.54, 1.807) is 22.1 Å². The Labute approximate surface area is 142 Å². The highest BCUT2D eigenvalue weighted by molar-refractivity contribution is 7.08. The van der Waals surface area contributed by atoms with Crippen molar-refractivity contribution >= 4 is 28.4 Å². The Kier molecular flexibility index (Phi) is 3.89. The lowest BCUT2D eigenvalue weighted by molar-refractivity contribution is -0.132. The number of amides is 1. The summed E-state index contributed by atoms with van der Waals surface area (Å²) in [4.78, 5) is 37.7. The van der Waals surface area contributed by atoms with E-state index in [4.69, 9.17) is 0 Å². The number of aromatic amines is 1. The number of likely N-dealkylation sites (tertiary alicyclic amines) is 1. The molecule has 1 aliphatic rings. The first kappa shape index (κ1) is 15.1. The van der Waals surface area contributed by atoms with E-state index in [0.29, 0.717) is 24.1 Å². The molecule has 0 aromatic carbocycles. The molecule has 0 aliphatic carbocycles. The zero-order valence-electron chi connectivity index (χ0n) is 13.0. The standard InChI is InChI=1S/C16H17N5O2S/c22-14(6-11-3-5-24-9-11)20-4-1-2-12(8-20)21-15-13(19-16(21)23)7-17-10-18-15/h3,5,7,9-10,12H,1-2,4,6,8H2,(H,19,23). The van der Waals surface area contributed by atoms with E-state index in [1.807, 2.05) is 21.7 Å². The molecule has 3 aromatic rings. The minimum absolute atomic E-state index is 0.0543. The van der Waals surface area contributed by atoms with Crippen LogP contribution in [0.3, 0.4) is 0 Å². The molecule has 1 atom stereocenters. The van der Waals surface area contributed by atoms with Crippen molar-refractivity contribution in [3.05, 3.63) is 45.4 Å². The van der Waals surface area contributed by atoms with Gasteiger partial charge < -0.3 is 9.88 Å². The van der Waals surface area contributed by atoms with Crippen molar-refractivity contribution in [1.82, 2.24) is 24.4 Å². The Balaban J connectivity index is 1.57. The number of nitrogens with one attached hydrogen (secondary N) is 1. The summed E-state index contributed by atoms with van der Waals surface area (Å²) >= 11 is 1.60. The van der Waals surface area contributed by atoms with Crippen molar-refractivity contribution in [3.8, 4) is 0 Å². The summed E-state index contributed by atoms with van der Waals surface area (Å²) in [6.45, 7) is 1.28. The van der Waals surface area contributed by atoms with Gasteiger partial charge in [0.05, 0.1) is 18.7 Å². The lowest BCUT2D eigenvalue weighted by atomic mass is 10.0. The lowest BCUT2D eigenvalue weighted by Gasteiger charge is -2.33. The molecule has 1 N–H and O–H groups in total. The van der Waals surface area contributed by atoms with Crippen molar-refractivity contribution in [2.45, 2.75) is 25.3 Å². The van der Waals surface area contributed by atoms with Crippen LogP contribution in [0.25, 0.3) is 11.2 Å². The zero-order chi connectivity index (χ0) is 16.5. The van der Waals surface area contributed by atoms with Gasteiger partial charge in [0.2, 0.25) is 5.91 Å². The van der Waals surface area contributed by atoms with Crippen LogP contribution < -0.4 is 5.69 Å². The Morgan fingerprint density at radius 3 is 3.21 bits per heavy atom. The zero-order valence-corrected chi connectivity index (χ0v) is 13.8. The van der Waals surface area contributed by atoms with Gasteiger partial charge in [0.1, 0.15) is 11.8 Å². The van der Waals surface area contributed by atoms with Gasteiger partial charge in [-0.25, -0.2) is 14.8 Å². The molecule has 1 unspecified atom stereocenters. The highest BCUT2D eigenvalue weighted by atomic mass is 32.1. The van der Waals surface area contributed by atoms with Crippen LogP contribution in [0.1, 0.15) is 24.4 Å². The fourth-order valence-corrected chi connectivity index (χ4v) is 3.95. The van der Waals surface area contributed by atoms with Crippen LogP contribution in [0.15, 0.2) is 34.1 Å². The second-order valence-corrected chi connectivity index (χ2v) is 6.78. The van der Waals surface area contributed by atoms with Crippen LogP contribution in [0, 0.1) is 0 Å². The van der Waals surface area contributed by atoms with Gasteiger partial charge in [0, 0.05) is 13.1 Å². The largest absolute Gasteiger partial charge is 0.340 e. The molecule has 24 heavy (non-hydrogen) atoms. The first-order chi connectivity index (χ1) is 11.7. The quantitative estimate of drug-likeness (QED) is 0.783. The van der Waals surface area contributed by atoms with Gasteiger partial charge in [-0.05, 0) is 35.2 Å². The van der Waals surface area contributed by atoms with Gasteiger partial charge in [0.25, 0.3) is 0 Å². The normalized spacial score (nSPS) is 18.2. The average molecular weight is 343 g/mol. The number of hydrogen-bond donors (Lipinski definition) is 1. The predicted octanol–water partition coefficient (Wildman–Crippen LogP) is 1.59. The van der Waals surface area contributed by atoms with E-state index < -0.39 is 0 Å². The molecule has 0 radical (unpaired) electrons. The summed E-state index contributed by atoms with van der Waals surface area (Å²) in [6.07, 6.45) is 5.20. The molecule has 3 aromatic heterocycles. The first-order valence-corrected chi connectivity index (χ1v) is 8.86. The molecule has 8 heteroatoms. The number of carbonyl (C=O) groups is 1. The minimum Gasteiger partial charge on any atom is -0.340 e. The smallest absolute Gasteiger partial charge is 0.328 e. The minimum atomic E-state index is -0.192. The SMILES string of the molecule is O=C(Cc1ccsc1)N1CCCC(n2c(=O)[nH]c3cncnc32)C1. The molecular formula is C16H17N5O2S. The van der Waals surface area contributed by atoms with Gasteiger partial charge in [-0.2, -0.15) is 11.3 Å². The number of carbonyl (C=O) groups excluding carboxylic acids is 1. The van der Waals surface area contributed by atoms with Crippen LogP contribution in [-0.2, 0) is 11.2 Å². The Bertz CT molecular complexity index is 914. The van der Waals surface area contributed by atoms with Gasteiger partial charge in [0.15, 0.2) is 5.65 Å². The van der Waals surface area contributed by atoms with E-state index in [9.17, 15) is 9.59 Å². The predicted molar refractivity (Wildman–Crippen MR) is 91.0 cm³/mol. The summed E-state index contributed by atoms with van der Waals surface area (Å²) in [5.41, 5.74) is 2.09. The fourth-order valence-electron chi connectivity index (χ4n) is 3.29. The third kappa shape index (κ3) is 2.73. The number of thiophene rings is 1. The maximum atomic E-state index is 12.5. The molecule has 0 spiro atoms. The van der Waals surface area contributed by atoms with Crippen molar-refractivity contribution in [1.29, 1.82) is 0 Å². The van der Waals surface area contributed by atoms with Crippen LogP contribution >= 0.6 is 11.3 Å². The van der Waals surface area contributed by atoms with Crippen molar-refractivity contribution in [3.63, 3.8) is 0 Å². The number of rotatable bonds is 3. The highest BCUT2D eigenvalue weighted by Gasteiger charge is 2.27. The summed E-state index contributed by atoms with van der Waals surface area (Å²) in [5, 5.41) is 3.98. The summed E-state index contributed by atoms with van der Waals surface area (Å²) in [7, 11) is 0. The van der Waals surface area contributed by atoms with Crippen LogP contribution in [0.4, 0.5) is 0 Å². The molecule has 124 valence electrons. The van der Waals surface area contributed by atoms with Crippen LogP contribution in [0.2, 0.25) is 0 Å². The van der Waals surface area contributed by atoms with E-state index in [2.05, 4.69) is 15.0 Å². The highest BCUT2D eigenvalue weighted by Crippen LogP contribution is 2.23. The number of imidazole rings is 1. The van der Waals surface area contributed by atoms with Crippen molar-refractivity contribution in [2.75, 3.05) is 13.1 Å². The summed E-state index contributed by atoms with van der Waals surface area (Å²) < 4.78 is 1.67. The topological polar surface area (TPSA) is 83.9 Å². The van der Waals surface area contributed by atoms with Gasteiger partial charge in [-0.1, -0.05) is 0 Å². The van der Waals surface area contributed by atoms with Crippen molar-refractivity contribution in [2.24, 2.45) is 0 Å². The van der Waals surface area contributed by atoms with E-state index in [0.717, 1.165) is 24.9 Å². The Morgan fingerprint density at radius 1 is 1.46 bits per heavy atom. The fraction of sp³-hybridized carbons (Fsp3) is 0.375. The average Bonchev–Trinajstić information content (AvgIpc) is 3.21. The number of nitrogens with zero attached hydrogens (tertiary/aromatic N) is 4. The van der Waals surface area contributed by atoms with E-state index in [-0.39, 0.29) is 17.6 Å². The first-order valence-electron chi connectivity index (χ1n) is 7.91. The second kappa shape index (κ2) is 6.20. The molecule has 0 saturated carbocycles. The summed E-state index contributed by atoms with van der Waals surface area (Å²) in [6, 6.07) is 1.92. The molecule has 4 rings (SSSR count). The van der Waals surface area contributed by atoms with Gasteiger partial charge in [-0.3, -0.25) is 9.36 Å².